The molecule has 0 unspecified atom stereocenters. The number of para-hydroxylation sites is 1. The van der Waals surface area contributed by atoms with Crippen molar-refractivity contribution < 1.29 is 12.9 Å². The number of anilines is 3. The lowest BCUT2D eigenvalue weighted by atomic mass is 10.2. The van der Waals surface area contributed by atoms with Gasteiger partial charge in [-0.3, -0.25) is 0 Å². The number of piperazine rings is 1. The van der Waals surface area contributed by atoms with E-state index >= 15 is 0 Å². The lowest BCUT2D eigenvalue weighted by Gasteiger charge is -2.34. The van der Waals surface area contributed by atoms with Gasteiger partial charge in [-0.1, -0.05) is 35.0 Å². The molecule has 3 heterocycles. The van der Waals surface area contributed by atoms with Crippen molar-refractivity contribution in [1.82, 2.24) is 19.4 Å². The first-order valence-corrected chi connectivity index (χ1v) is 12.7. The molecule has 10 heteroatoms. The SMILES string of the molecule is Cc1ccc(Nc2cc(N3CCN(S(=O)(=O)Cc4noc5ccccc45)CC3)nc(C)n2)cc1. The summed E-state index contributed by atoms with van der Waals surface area (Å²) in [5.41, 5.74) is 3.17. The standard InChI is InChI=1S/C24H26N6O3S/c1-17-7-9-19(10-8-17)27-23-15-24(26-18(2)25-23)29-11-13-30(14-12-29)34(31,32)16-21-20-5-3-4-6-22(20)33-28-21/h3-10,15H,11-14,16H2,1-2H3,(H,25,26,27). The van der Waals surface area contributed by atoms with Crippen molar-refractivity contribution in [3.05, 3.63) is 71.7 Å². The molecule has 9 nitrogen and oxygen atoms in total. The highest BCUT2D eigenvalue weighted by molar-refractivity contribution is 7.88. The van der Waals surface area contributed by atoms with Gasteiger partial charge in [-0.2, -0.15) is 4.31 Å². The van der Waals surface area contributed by atoms with Crippen molar-refractivity contribution in [1.29, 1.82) is 0 Å². The Morgan fingerprint density at radius 2 is 1.71 bits per heavy atom. The van der Waals surface area contributed by atoms with Gasteiger partial charge < -0.3 is 14.7 Å². The van der Waals surface area contributed by atoms with Gasteiger partial charge in [-0.25, -0.2) is 18.4 Å². The van der Waals surface area contributed by atoms with E-state index in [4.69, 9.17) is 4.52 Å². The van der Waals surface area contributed by atoms with Crippen molar-refractivity contribution in [3.63, 3.8) is 0 Å². The quantitative estimate of drug-likeness (QED) is 0.448. The number of aryl methyl sites for hydroxylation is 2. The first kappa shape index (κ1) is 22.3. The average molecular weight is 479 g/mol. The van der Waals surface area contributed by atoms with Crippen LogP contribution in [-0.4, -0.2) is 54.0 Å². The zero-order valence-electron chi connectivity index (χ0n) is 19.1. The molecule has 2 aromatic carbocycles. The summed E-state index contributed by atoms with van der Waals surface area (Å²) in [5, 5.41) is 8.04. The summed E-state index contributed by atoms with van der Waals surface area (Å²) < 4.78 is 32.9. The molecule has 1 aliphatic rings. The van der Waals surface area contributed by atoms with E-state index in [1.165, 1.54) is 9.87 Å². The summed E-state index contributed by atoms with van der Waals surface area (Å²) in [6.07, 6.45) is 0. The Bertz CT molecular complexity index is 1410. The number of hydrogen-bond donors (Lipinski definition) is 1. The normalized spacial score (nSPS) is 15.1. The van der Waals surface area contributed by atoms with Crippen molar-refractivity contribution in [2.45, 2.75) is 19.6 Å². The Hall–Kier alpha value is -3.50. The minimum absolute atomic E-state index is 0.179. The topological polar surface area (TPSA) is 104 Å². The molecule has 0 aliphatic carbocycles. The molecule has 34 heavy (non-hydrogen) atoms. The predicted molar refractivity (Wildman–Crippen MR) is 132 cm³/mol. The number of aromatic nitrogens is 3. The van der Waals surface area contributed by atoms with E-state index in [1.54, 1.807) is 6.07 Å². The van der Waals surface area contributed by atoms with Gasteiger partial charge >= 0.3 is 0 Å². The largest absolute Gasteiger partial charge is 0.356 e. The maximum absolute atomic E-state index is 13.1. The van der Waals surface area contributed by atoms with Crippen molar-refractivity contribution in [2.24, 2.45) is 0 Å². The smallest absolute Gasteiger partial charge is 0.220 e. The molecule has 1 N–H and O–H groups in total. The van der Waals surface area contributed by atoms with E-state index in [0.717, 1.165) is 16.9 Å². The van der Waals surface area contributed by atoms with Crippen LogP contribution in [0.4, 0.5) is 17.3 Å². The van der Waals surface area contributed by atoms with Crippen LogP contribution in [0.2, 0.25) is 0 Å². The maximum atomic E-state index is 13.1. The fourth-order valence-corrected chi connectivity index (χ4v) is 5.52. The summed E-state index contributed by atoms with van der Waals surface area (Å²) in [5.74, 6) is 1.96. The third kappa shape index (κ3) is 4.73. The van der Waals surface area contributed by atoms with E-state index < -0.39 is 10.0 Å². The van der Waals surface area contributed by atoms with Gasteiger partial charge in [-0.15, -0.1) is 0 Å². The van der Waals surface area contributed by atoms with Gasteiger partial charge in [0, 0.05) is 43.3 Å². The molecule has 0 radical (unpaired) electrons. The van der Waals surface area contributed by atoms with Crippen molar-refractivity contribution in [3.8, 4) is 0 Å². The third-order valence-corrected chi connectivity index (χ3v) is 7.67. The maximum Gasteiger partial charge on any atom is 0.220 e. The molecule has 0 saturated carbocycles. The molecule has 0 bridgehead atoms. The second-order valence-corrected chi connectivity index (χ2v) is 10.4. The van der Waals surface area contributed by atoms with Gasteiger partial charge in [-0.05, 0) is 38.1 Å². The van der Waals surface area contributed by atoms with Crippen LogP contribution < -0.4 is 10.2 Å². The summed E-state index contributed by atoms with van der Waals surface area (Å²) in [6, 6.07) is 17.3. The monoisotopic (exact) mass is 478 g/mol. The number of sulfonamides is 1. The molecule has 4 aromatic rings. The van der Waals surface area contributed by atoms with Crippen molar-refractivity contribution >= 4 is 38.3 Å². The van der Waals surface area contributed by atoms with E-state index in [1.807, 2.05) is 62.4 Å². The molecular weight excluding hydrogens is 452 g/mol. The van der Waals surface area contributed by atoms with E-state index in [2.05, 4.69) is 25.3 Å². The molecule has 0 amide bonds. The number of fused-ring (bicyclic) bond motifs is 1. The van der Waals surface area contributed by atoms with Crippen LogP contribution in [0, 0.1) is 13.8 Å². The fourth-order valence-electron chi connectivity index (χ4n) is 4.06. The van der Waals surface area contributed by atoms with Gasteiger partial charge in [0.25, 0.3) is 0 Å². The van der Waals surface area contributed by atoms with Crippen LogP contribution in [0.25, 0.3) is 11.0 Å². The number of nitrogens with one attached hydrogen (secondary N) is 1. The highest BCUT2D eigenvalue weighted by atomic mass is 32.2. The van der Waals surface area contributed by atoms with E-state index in [9.17, 15) is 8.42 Å². The fraction of sp³-hybridized carbons (Fsp3) is 0.292. The number of nitrogens with zero attached hydrogens (tertiary/aromatic N) is 5. The molecular formula is C24H26N6O3S. The highest BCUT2D eigenvalue weighted by Crippen LogP contribution is 2.24. The Labute approximate surface area is 198 Å². The summed E-state index contributed by atoms with van der Waals surface area (Å²) in [4.78, 5) is 11.2. The van der Waals surface area contributed by atoms with Gasteiger partial charge in [0.15, 0.2) is 5.58 Å². The second-order valence-electron chi connectivity index (χ2n) is 8.42. The van der Waals surface area contributed by atoms with Gasteiger partial charge in [0.2, 0.25) is 10.0 Å². The van der Waals surface area contributed by atoms with Crippen LogP contribution in [-0.2, 0) is 15.8 Å². The van der Waals surface area contributed by atoms with Crippen LogP contribution >= 0.6 is 0 Å². The average Bonchev–Trinajstić information content (AvgIpc) is 3.22. The van der Waals surface area contributed by atoms with E-state index in [-0.39, 0.29) is 5.75 Å². The minimum Gasteiger partial charge on any atom is -0.356 e. The Balaban J connectivity index is 1.26. The third-order valence-electron chi connectivity index (χ3n) is 5.88. The zero-order chi connectivity index (χ0) is 23.7. The van der Waals surface area contributed by atoms with Crippen molar-refractivity contribution in [2.75, 3.05) is 36.4 Å². The predicted octanol–water partition coefficient (Wildman–Crippen LogP) is 3.63. The molecule has 1 aliphatic heterocycles. The minimum atomic E-state index is -3.52. The Kier molecular flexibility index (Phi) is 5.93. The lowest BCUT2D eigenvalue weighted by molar-refractivity contribution is 0.381. The first-order chi connectivity index (χ1) is 16.4. The summed E-state index contributed by atoms with van der Waals surface area (Å²) in [6.45, 7) is 5.74. The van der Waals surface area contributed by atoms with Crippen LogP contribution in [0.3, 0.4) is 0 Å². The zero-order valence-corrected chi connectivity index (χ0v) is 19.9. The van der Waals surface area contributed by atoms with E-state index in [0.29, 0.717) is 49.1 Å². The molecule has 5 rings (SSSR count). The number of rotatable bonds is 6. The van der Waals surface area contributed by atoms with Crippen LogP contribution in [0.5, 0.6) is 0 Å². The molecule has 0 spiro atoms. The molecule has 1 fully saturated rings. The lowest BCUT2D eigenvalue weighted by Crippen LogP contribution is -2.49. The first-order valence-electron chi connectivity index (χ1n) is 11.1. The number of benzene rings is 2. The van der Waals surface area contributed by atoms with Gasteiger partial charge in [0.1, 0.15) is 28.9 Å². The summed E-state index contributed by atoms with van der Waals surface area (Å²) in [7, 11) is -3.52. The highest BCUT2D eigenvalue weighted by Gasteiger charge is 2.29. The number of hydrogen-bond acceptors (Lipinski definition) is 8. The molecule has 1 saturated heterocycles. The molecule has 2 aromatic heterocycles. The second kappa shape index (κ2) is 9.03. The Morgan fingerprint density at radius 1 is 0.971 bits per heavy atom. The van der Waals surface area contributed by atoms with Gasteiger partial charge in [0.05, 0.1) is 0 Å². The summed E-state index contributed by atoms with van der Waals surface area (Å²) >= 11 is 0. The Morgan fingerprint density at radius 3 is 2.47 bits per heavy atom. The van der Waals surface area contributed by atoms with Crippen LogP contribution in [0.1, 0.15) is 17.1 Å². The van der Waals surface area contributed by atoms with Crippen LogP contribution in [0.15, 0.2) is 59.1 Å². The molecule has 176 valence electrons. The molecule has 0 atom stereocenters.